The molecule has 2 aromatic rings. The number of sulfonamides is 1. The fourth-order valence-electron chi connectivity index (χ4n) is 1.82. The van der Waals surface area contributed by atoms with Crippen LogP contribution in [0.1, 0.15) is 5.56 Å². The highest BCUT2D eigenvalue weighted by molar-refractivity contribution is 7.89. The van der Waals surface area contributed by atoms with Crippen LogP contribution in [0.25, 0.3) is 6.08 Å². The van der Waals surface area contributed by atoms with Gasteiger partial charge in [0.25, 0.3) is 5.91 Å². The van der Waals surface area contributed by atoms with E-state index in [1.54, 1.807) is 12.1 Å². The van der Waals surface area contributed by atoms with Crippen LogP contribution < -0.4 is 10.5 Å². The van der Waals surface area contributed by atoms with Gasteiger partial charge in [-0.05, 0) is 36.4 Å². The predicted octanol–water partition coefficient (Wildman–Crippen LogP) is 2.02. The van der Waals surface area contributed by atoms with Gasteiger partial charge in [0.05, 0.1) is 4.90 Å². The highest BCUT2D eigenvalue weighted by atomic mass is 32.2. The molecule has 0 aliphatic rings. The molecule has 0 saturated heterocycles. The quantitative estimate of drug-likeness (QED) is 0.652. The van der Waals surface area contributed by atoms with E-state index in [0.29, 0.717) is 0 Å². The molecule has 122 valence electrons. The predicted molar refractivity (Wildman–Crippen MR) is 86.4 cm³/mol. The summed E-state index contributed by atoms with van der Waals surface area (Å²) in [5.74, 6) is -1.31. The monoisotopic (exact) mass is 345 g/mol. The second-order valence-corrected chi connectivity index (χ2v) is 6.28. The van der Waals surface area contributed by atoms with Crippen molar-refractivity contribution in [3.8, 4) is 6.07 Å². The second kappa shape index (κ2) is 7.04. The fourth-order valence-corrected chi connectivity index (χ4v) is 2.34. The van der Waals surface area contributed by atoms with Crippen molar-refractivity contribution in [2.45, 2.75) is 4.90 Å². The van der Waals surface area contributed by atoms with Crippen LogP contribution in [0.5, 0.6) is 0 Å². The molecular weight excluding hydrogens is 333 g/mol. The standard InChI is InChI=1S/C16H12FN3O3S/c17-15-4-2-1-3-11(15)9-12(10-18)16(21)20-13-5-7-14(8-6-13)24(19,22)23/h1-9H,(H,20,21)(H2,19,22,23)/b12-9+. The van der Waals surface area contributed by atoms with Crippen LogP contribution in [0.4, 0.5) is 10.1 Å². The molecule has 0 fully saturated rings. The molecule has 1 amide bonds. The van der Waals surface area contributed by atoms with Crippen molar-refractivity contribution < 1.29 is 17.6 Å². The Balaban J connectivity index is 2.22. The number of nitrogens with two attached hydrogens (primary N) is 1. The van der Waals surface area contributed by atoms with Gasteiger partial charge in [-0.15, -0.1) is 0 Å². The van der Waals surface area contributed by atoms with Gasteiger partial charge in [0.15, 0.2) is 0 Å². The Morgan fingerprint density at radius 2 is 1.79 bits per heavy atom. The number of hydrogen-bond acceptors (Lipinski definition) is 4. The van der Waals surface area contributed by atoms with Crippen molar-refractivity contribution in [3.05, 3.63) is 65.5 Å². The number of benzene rings is 2. The van der Waals surface area contributed by atoms with E-state index >= 15 is 0 Å². The summed E-state index contributed by atoms with van der Waals surface area (Å²) in [5.41, 5.74) is 0.0754. The number of nitrogens with one attached hydrogen (secondary N) is 1. The summed E-state index contributed by atoms with van der Waals surface area (Å²) in [6.45, 7) is 0. The summed E-state index contributed by atoms with van der Waals surface area (Å²) in [6, 6.07) is 12.5. The van der Waals surface area contributed by atoms with E-state index in [9.17, 15) is 17.6 Å². The molecule has 0 radical (unpaired) electrons. The van der Waals surface area contributed by atoms with Gasteiger partial charge in [-0.3, -0.25) is 4.79 Å². The molecule has 0 saturated carbocycles. The molecule has 0 bridgehead atoms. The highest BCUT2D eigenvalue weighted by Crippen LogP contribution is 2.15. The molecule has 0 aromatic heterocycles. The van der Waals surface area contributed by atoms with Gasteiger partial charge in [0.2, 0.25) is 10.0 Å². The topological polar surface area (TPSA) is 113 Å². The zero-order chi connectivity index (χ0) is 17.7. The Kier molecular flexibility index (Phi) is 5.08. The maximum atomic E-state index is 13.6. The molecule has 6 nitrogen and oxygen atoms in total. The van der Waals surface area contributed by atoms with Gasteiger partial charge in [0.1, 0.15) is 17.5 Å². The Labute approximate surface area is 138 Å². The number of amides is 1. The number of nitrogens with zero attached hydrogens (tertiary/aromatic N) is 1. The van der Waals surface area contributed by atoms with E-state index in [0.717, 1.165) is 6.08 Å². The molecule has 0 heterocycles. The number of carbonyl (C=O) groups is 1. The van der Waals surface area contributed by atoms with Crippen LogP contribution in [0.3, 0.4) is 0 Å². The molecule has 0 spiro atoms. The lowest BCUT2D eigenvalue weighted by molar-refractivity contribution is -0.112. The third kappa shape index (κ3) is 4.25. The van der Waals surface area contributed by atoms with Crippen LogP contribution in [-0.2, 0) is 14.8 Å². The number of nitriles is 1. The summed E-state index contributed by atoms with van der Waals surface area (Å²) in [7, 11) is -3.83. The molecule has 8 heteroatoms. The van der Waals surface area contributed by atoms with E-state index in [2.05, 4.69) is 5.32 Å². The first kappa shape index (κ1) is 17.3. The minimum atomic E-state index is -3.83. The molecule has 24 heavy (non-hydrogen) atoms. The smallest absolute Gasteiger partial charge is 0.266 e. The highest BCUT2D eigenvalue weighted by Gasteiger charge is 2.12. The second-order valence-electron chi connectivity index (χ2n) is 4.71. The van der Waals surface area contributed by atoms with E-state index in [1.807, 2.05) is 0 Å². The number of halogens is 1. The van der Waals surface area contributed by atoms with Gasteiger partial charge in [-0.25, -0.2) is 17.9 Å². The SMILES string of the molecule is N#C/C(=C\c1ccccc1F)C(=O)Nc1ccc(S(N)(=O)=O)cc1. The van der Waals surface area contributed by atoms with Gasteiger partial charge >= 0.3 is 0 Å². The van der Waals surface area contributed by atoms with Gasteiger partial charge in [-0.1, -0.05) is 18.2 Å². The third-order valence-electron chi connectivity index (χ3n) is 3.01. The molecule has 2 rings (SSSR count). The number of carbonyl (C=O) groups excluding carboxylic acids is 1. The number of hydrogen-bond donors (Lipinski definition) is 2. The van der Waals surface area contributed by atoms with Gasteiger partial charge < -0.3 is 5.32 Å². The normalized spacial score (nSPS) is 11.6. The minimum absolute atomic E-state index is 0.105. The molecule has 2 aromatic carbocycles. The average Bonchev–Trinajstić information content (AvgIpc) is 2.53. The fraction of sp³-hybridized carbons (Fsp3) is 0. The first-order chi connectivity index (χ1) is 11.3. The maximum Gasteiger partial charge on any atom is 0.266 e. The van der Waals surface area contributed by atoms with Crippen LogP contribution in [0, 0.1) is 17.1 Å². The lowest BCUT2D eigenvalue weighted by atomic mass is 10.1. The molecule has 0 atom stereocenters. The summed E-state index contributed by atoms with van der Waals surface area (Å²) in [6.07, 6.45) is 1.13. The number of anilines is 1. The van der Waals surface area contributed by atoms with Crippen molar-refractivity contribution in [3.63, 3.8) is 0 Å². The lowest BCUT2D eigenvalue weighted by Crippen LogP contribution is -2.14. The third-order valence-corrected chi connectivity index (χ3v) is 3.94. The van der Waals surface area contributed by atoms with Crippen molar-refractivity contribution in [2.24, 2.45) is 5.14 Å². The van der Waals surface area contributed by atoms with Crippen LogP contribution in [-0.4, -0.2) is 14.3 Å². The van der Waals surface area contributed by atoms with Crippen molar-refractivity contribution in [1.82, 2.24) is 0 Å². The summed E-state index contributed by atoms with van der Waals surface area (Å²) in [5, 5.41) is 16.5. The van der Waals surface area contributed by atoms with Crippen molar-refractivity contribution in [2.75, 3.05) is 5.32 Å². The summed E-state index contributed by atoms with van der Waals surface area (Å²) in [4.78, 5) is 12.0. The van der Waals surface area contributed by atoms with Gasteiger partial charge in [-0.2, -0.15) is 5.26 Å². The Hall–Kier alpha value is -3.02. The Morgan fingerprint density at radius 3 is 2.33 bits per heavy atom. The molecule has 3 N–H and O–H groups in total. The molecule has 0 aliphatic carbocycles. The van der Waals surface area contributed by atoms with Crippen molar-refractivity contribution >= 4 is 27.7 Å². The van der Waals surface area contributed by atoms with E-state index in [-0.39, 0.29) is 21.7 Å². The van der Waals surface area contributed by atoms with Crippen LogP contribution in [0.15, 0.2) is 59.0 Å². The number of primary sulfonamides is 1. The summed E-state index contributed by atoms with van der Waals surface area (Å²) >= 11 is 0. The lowest BCUT2D eigenvalue weighted by Gasteiger charge is -2.05. The van der Waals surface area contributed by atoms with Crippen LogP contribution in [0.2, 0.25) is 0 Å². The zero-order valence-corrected chi connectivity index (χ0v) is 13.0. The van der Waals surface area contributed by atoms with E-state index < -0.39 is 21.7 Å². The Morgan fingerprint density at radius 1 is 1.17 bits per heavy atom. The molecular formula is C16H12FN3O3S. The Bertz CT molecular complexity index is 945. The first-order valence-corrected chi connectivity index (χ1v) is 8.16. The van der Waals surface area contributed by atoms with Crippen molar-refractivity contribution in [1.29, 1.82) is 5.26 Å². The first-order valence-electron chi connectivity index (χ1n) is 6.62. The average molecular weight is 345 g/mol. The maximum absolute atomic E-state index is 13.6. The van der Waals surface area contributed by atoms with Crippen LogP contribution >= 0.6 is 0 Å². The van der Waals surface area contributed by atoms with E-state index in [1.165, 1.54) is 42.5 Å². The van der Waals surface area contributed by atoms with E-state index in [4.69, 9.17) is 10.4 Å². The number of rotatable bonds is 4. The molecule has 0 unspecified atom stereocenters. The molecule has 0 aliphatic heterocycles. The van der Waals surface area contributed by atoms with Gasteiger partial charge in [0, 0.05) is 11.3 Å². The summed E-state index contributed by atoms with van der Waals surface area (Å²) < 4.78 is 35.9. The zero-order valence-electron chi connectivity index (χ0n) is 12.2. The minimum Gasteiger partial charge on any atom is -0.321 e. The largest absolute Gasteiger partial charge is 0.321 e.